The van der Waals surface area contributed by atoms with E-state index in [-0.39, 0.29) is 18.4 Å². The van der Waals surface area contributed by atoms with Crippen molar-refractivity contribution in [1.82, 2.24) is 20.5 Å². The van der Waals surface area contributed by atoms with E-state index in [1.54, 1.807) is 24.3 Å². The minimum absolute atomic E-state index is 0.165. The lowest BCUT2D eigenvalue weighted by atomic mass is 10.2. The van der Waals surface area contributed by atoms with Crippen LogP contribution in [0, 0.1) is 0 Å². The molecule has 0 atom stereocenters. The van der Waals surface area contributed by atoms with Gasteiger partial charge in [-0.05, 0) is 24.3 Å². The maximum absolute atomic E-state index is 11.7. The highest BCUT2D eigenvalue weighted by Crippen LogP contribution is 2.09. The van der Waals surface area contributed by atoms with Crippen LogP contribution in [0.5, 0.6) is 0 Å². The number of amides is 2. The van der Waals surface area contributed by atoms with Gasteiger partial charge in [0, 0.05) is 10.6 Å². The Kier molecular flexibility index (Phi) is 4.09. The molecule has 2 rings (SSSR count). The fourth-order valence-corrected chi connectivity index (χ4v) is 1.43. The van der Waals surface area contributed by atoms with Crippen molar-refractivity contribution in [1.29, 1.82) is 0 Å². The number of halogens is 1. The van der Waals surface area contributed by atoms with E-state index < -0.39 is 5.91 Å². The lowest BCUT2D eigenvalue weighted by Gasteiger charge is -2.05. The number of rotatable bonds is 4. The molecule has 0 saturated heterocycles. The summed E-state index contributed by atoms with van der Waals surface area (Å²) < 4.78 is 0. The minimum atomic E-state index is -0.404. The number of benzene rings is 1. The summed E-state index contributed by atoms with van der Waals surface area (Å²) >= 11 is 5.71. The Morgan fingerprint density at radius 1 is 1.26 bits per heavy atom. The number of carbonyl (C=O) groups excluding carboxylic acids is 2. The molecule has 1 heterocycles. The van der Waals surface area contributed by atoms with Gasteiger partial charge in [-0.1, -0.05) is 11.6 Å². The van der Waals surface area contributed by atoms with Crippen LogP contribution in [0.15, 0.2) is 30.6 Å². The highest BCUT2D eigenvalue weighted by atomic mass is 35.5. The van der Waals surface area contributed by atoms with E-state index in [0.29, 0.717) is 10.6 Å². The fourth-order valence-electron chi connectivity index (χ4n) is 1.31. The van der Waals surface area contributed by atoms with E-state index >= 15 is 0 Å². The number of carbonyl (C=O) groups is 2. The highest BCUT2D eigenvalue weighted by molar-refractivity contribution is 6.30. The van der Waals surface area contributed by atoms with E-state index in [1.165, 1.54) is 6.33 Å². The molecule has 0 aliphatic rings. The molecule has 0 aliphatic heterocycles. The zero-order valence-corrected chi connectivity index (χ0v) is 10.4. The van der Waals surface area contributed by atoms with Gasteiger partial charge in [0.25, 0.3) is 5.91 Å². The number of H-pyrrole nitrogens is 1. The van der Waals surface area contributed by atoms with Gasteiger partial charge >= 0.3 is 0 Å². The second-order valence-corrected chi connectivity index (χ2v) is 4.01. The van der Waals surface area contributed by atoms with E-state index in [2.05, 4.69) is 25.8 Å². The molecular weight excluding hydrogens is 270 g/mol. The molecule has 3 N–H and O–H groups in total. The van der Waals surface area contributed by atoms with Gasteiger partial charge in [0.1, 0.15) is 6.33 Å². The van der Waals surface area contributed by atoms with Gasteiger partial charge in [-0.3, -0.25) is 14.9 Å². The molecule has 0 spiro atoms. The van der Waals surface area contributed by atoms with Crippen LogP contribution in [-0.4, -0.2) is 33.5 Å². The van der Waals surface area contributed by atoms with Gasteiger partial charge in [-0.2, -0.15) is 10.1 Å². The molecule has 0 saturated carbocycles. The molecule has 0 radical (unpaired) electrons. The Hall–Kier alpha value is -2.41. The van der Waals surface area contributed by atoms with Gasteiger partial charge in [0.05, 0.1) is 6.54 Å². The quantitative estimate of drug-likeness (QED) is 0.771. The first-order valence-corrected chi connectivity index (χ1v) is 5.72. The van der Waals surface area contributed by atoms with Gasteiger partial charge in [-0.15, -0.1) is 0 Å². The molecule has 0 fully saturated rings. The topological polar surface area (TPSA) is 99.8 Å². The lowest BCUT2D eigenvalue weighted by molar-refractivity contribution is -0.115. The molecule has 1 aromatic heterocycles. The molecule has 98 valence electrons. The average Bonchev–Trinajstić information content (AvgIpc) is 2.89. The first kappa shape index (κ1) is 13.0. The summed E-state index contributed by atoms with van der Waals surface area (Å²) in [5.41, 5.74) is 0.428. The number of hydrogen-bond donors (Lipinski definition) is 3. The molecule has 8 heteroatoms. The largest absolute Gasteiger partial charge is 0.343 e. The van der Waals surface area contributed by atoms with Crippen LogP contribution < -0.4 is 10.6 Å². The normalized spacial score (nSPS) is 9.95. The molecule has 0 bridgehead atoms. The van der Waals surface area contributed by atoms with E-state index in [4.69, 9.17) is 11.6 Å². The summed E-state index contributed by atoms with van der Waals surface area (Å²) in [6.45, 7) is -0.165. The highest BCUT2D eigenvalue weighted by Gasteiger charge is 2.08. The van der Waals surface area contributed by atoms with Crippen molar-refractivity contribution in [2.24, 2.45) is 0 Å². The molecular formula is C11H10ClN5O2. The SMILES string of the molecule is O=C(CNC(=O)c1ccc(Cl)cc1)Nc1ncn[nH]1. The molecule has 0 aliphatic carbocycles. The number of aromatic amines is 1. The predicted molar refractivity (Wildman–Crippen MR) is 68.8 cm³/mol. The third-order valence-corrected chi connectivity index (χ3v) is 2.44. The molecule has 7 nitrogen and oxygen atoms in total. The molecule has 2 aromatic rings. The molecule has 0 unspecified atom stereocenters. The minimum Gasteiger partial charge on any atom is -0.343 e. The molecule has 19 heavy (non-hydrogen) atoms. The number of aromatic nitrogens is 3. The Bertz CT molecular complexity index is 567. The first-order valence-electron chi connectivity index (χ1n) is 5.34. The molecule has 2 amide bonds. The summed E-state index contributed by atoms with van der Waals surface area (Å²) in [6.07, 6.45) is 1.27. The summed E-state index contributed by atoms with van der Waals surface area (Å²) in [7, 11) is 0. The third kappa shape index (κ3) is 3.78. The van der Waals surface area contributed by atoms with Crippen molar-refractivity contribution < 1.29 is 9.59 Å². The summed E-state index contributed by atoms with van der Waals surface area (Å²) in [5.74, 6) is -0.533. The zero-order valence-electron chi connectivity index (χ0n) is 9.68. The smallest absolute Gasteiger partial charge is 0.251 e. The lowest BCUT2D eigenvalue weighted by Crippen LogP contribution is -2.33. The van der Waals surface area contributed by atoms with Gasteiger partial charge in [0.2, 0.25) is 11.9 Å². The fraction of sp³-hybridized carbons (Fsp3) is 0.0909. The number of nitrogens with one attached hydrogen (secondary N) is 3. The summed E-state index contributed by atoms with van der Waals surface area (Å²) in [4.78, 5) is 26.9. The second-order valence-electron chi connectivity index (χ2n) is 3.57. The maximum Gasteiger partial charge on any atom is 0.251 e. The predicted octanol–water partition coefficient (Wildman–Crippen LogP) is 0.827. The van der Waals surface area contributed by atoms with E-state index in [1.807, 2.05) is 0 Å². The summed E-state index contributed by atoms with van der Waals surface area (Å²) in [5, 5.41) is 11.5. The van der Waals surface area contributed by atoms with Gasteiger partial charge < -0.3 is 5.32 Å². The monoisotopic (exact) mass is 279 g/mol. The van der Waals surface area contributed by atoms with Crippen molar-refractivity contribution in [2.45, 2.75) is 0 Å². The van der Waals surface area contributed by atoms with Crippen LogP contribution in [0.3, 0.4) is 0 Å². The van der Waals surface area contributed by atoms with Crippen LogP contribution in [-0.2, 0) is 4.79 Å². The van der Waals surface area contributed by atoms with Crippen LogP contribution in [0.1, 0.15) is 10.4 Å². The Labute approximate surface area is 113 Å². The second kappa shape index (κ2) is 5.96. The van der Waals surface area contributed by atoms with Crippen LogP contribution in [0.2, 0.25) is 5.02 Å². The van der Waals surface area contributed by atoms with Crippen molar-refractivity contribution in [3.05, 3.63) is 41.2 Å². The number of nitrogens with zero attached hydrogens (tertiary/aromatic N) is 2. The standard InChI is InChI=1S/C11H10ClN5O2/c12-8-3-1-7(2-4-8)10(19)13-5-9(18)16-11-14-6-15-17-11/h1-4,6H,5H2,(H,13,19)(H2,14,15,16,17,18). The van der Waals surface area contributed by atoms with Crippen LogP contribution in [0.4, 0.5) is 5.95 Å². The Morgan fingerprint density at radius 3 is 2.63 bits per heavy atom. The van der Waals surface area contributed by atoms with Crippen molar-refractivity contribution in [3.63, 3.8) is 0 Å². The first-order chi connectivity index (χ1) is 9.15. The van der Waals surface area contributed by atoms with Crippen molar-refractivity contribution in [2.75, 3.05) is 11.9 Å². The van der Waals surface area contributed by atoms with Crippen LogP contribution in [0.25, 0.3) is 0 Å². The van der Waals surface area contributed by atoms with E-state index in [9.17, 15) is 9.59 Å². The molecule has 1 aromatic carbocycles. The average molecular weight is 280 g/mol. The Balaban J connectivity index is 1.83. The number of anilines is 1. The van der Waals surface area contributed by atoms with Crippen molar-refractivity contribution >= 4 is 29.4 Å². The maximum atomic E-state index is 11.7. The third-order valence-electron chi connectivity index (χ3n) is 2.19. The number of hydrogen-bond acceptors (Lipinski definition) is 4. The van der Waals surface area contributed by atoms with Crippen molar-refractivity contribution in [3.8, 4) is 0 Å². The van der Waals surface area contributed by atoms with E-state index in [0.717, 1.165) is 0 Å². The van der Waals surface area contributed by atoms with Gasteiger partial charge in [0.15, 0.2) is 0 Å². The Morgan fingerprint density at radius 2 is 2.00 bits per heavy atom. The zero-order chi connectivity index (χ0) is 13.7. The van der Waals surface area contributed by atoms with Crippen LogP contribution >= 0.6 is 11.6 Å². The van der Waals surface area contributed by atoms with Gasteiger partial charge in [-0.25, -0.2) is 5.10 Å². The summed E-state index contributed by atoms with van der Waals surface area (Å²) in [6, 6.07) is 6.36.